The summed E-state index contributed by atoms with van der Waals surface area (Å²) in [5.74, 6) is 0.320. The Kier molecular flexibility index (Phi) is 7.82. The number of methoxy groups -OCH3 is 3. The first-order chi connectivity index (χ1) is 13.7. The minimum atomic E-state index is -0.544. The molecule has 0 saturated carbocycles. The lowest BCUT2D eigenvalue weighted by atomic mass is 9.83. The molecule has 0 N–H and O–H groups in total. The van der Waals surface area contributed by atoms with Crippen molar-refractivity contribution >= 4 is 5.97 Å². The highest BCUT2D eigenvalue weighted by molar-refractivity contribution is 5.72. The maximum atomic E-state index is 12.8. The summed E-state index contributed by atoms with van der Waals surface area (Å²) in [5.41, 5.74) is 3.40. The molecule has 0 heterocycles. The van der Waals surface area contributed by atoms with Crippen molar-refractivity contribution in [3.8, 4) is 5.75 Å². The molecule has 5 heteroatoms. The summed E-state index contributed by atoms with van der Waals surface area (Å²) in [6.45, 7) is 7.64. The van der Waals surface area contributed by atoms with Crippen molar-refractivity contribution in [3.05, 3.63) is 64.7 Å². The van der Waals surface area contributed by atoms with Crippen molar-refractivity contribution in [2.24, 2.45) is 0 Å². The molecule has 0 unspecified atom stereocenters. The van der Waals surface area contributed by atoms with Crippen LogP contribution in [-0.4, -0.2) is 32.9 Å². The van der Waals surface area contributed by atoms with E-state index in [1.54, 1.807) is 21.3 Å². The Balaban J connectivity index is 2.56. The van der Waals surface area contributed by atoms with Crippen molar-refractivity contribution in [2.75, 3.05) is 21.3 Å². The van der Waals surface area contributed by atoms with Crippen LogP contribution in [0.5, 0.6) is 5.75 Å². The number of aryl methyl sites for hydroxylation is 1. The van der Waals surface area contributed by atoms with Gasteiger partial charge in [-0.15, -0.1) is 0 Å². The van der Waals surface area contributed by atoms with E-state index in [0.29, 0.717) is 0 Å². The van der Waals surface area contributed by atoms with E-state index >= 15 is 0 Å². The highest BCUT2D eigenvalue weighted by atomic mass is 16.7. The second-order valence-corrected chi connectivity index (χ2v) is 8.00. The Morgan fingerprint density at radius 3 is 2.07 bits per heavy atom. The molecule has 0 bridgehead atoms. The van der Waals surface area contributed by atoms with Crippen LogP contribution in [0.1, 0.15) is 61.7 Å². The van der Waals surface area contributed by atoms with Crippen molar-refractivity contribution in [3.63, 3.8) is 0 Å². The summed E-state index contributed by atoms with van der Waals surface area (Å²) < 4.78 is 22.0. The highest BCUT2D eigenvalue weighted by Crippen LogP contribution is 2.37. The molecule has 5 nitrogen and oxygen atoms in total. The topological polar surface area (TPSA) is 54.0 Å². The van der Waals surface area contributed by atoms with E-state index in [1.165, 1.54) is 0 Å². The number of carbonyl (C=O) groups excluding carboxylic acids is 1. The van der Waals surface area contributed by atoms with Crippen LogP contribution in [0.2, 0.25) is 0 Å². The second-order valence-electron chi connectivity index (χ2n) is 8.00. The molecule has 1 atom stereocenters. The largest absolute Gasteiger partial charge is 0.497 e. The number of carbonyl (C=O) groups is 1. The van der Waals surface area contributed by atoms with Gasteiger partial charge in [-0.3, -0.25) is 4.79 Å². The van der Waals surface area contributed by atoms with Gasteiger partial charge in [0, 0.05) is 25.7 Å². The number of hydrogen-bond donors (Lipinski definition) is 0. The number of hydrogen-bond acceptors (Lipinski definition) is 5. The quantitative estimate of drug-likeness (QED) is 0.453. The Morgan fingerprint density at radius 1 is 0.931 bits per heavy atom. The molecular formula is C24H32O5. The molecule has 0 saturated heterocycles. The number of rotatable bonds is 8. The smallest absolute Gasteiger partial charge is 0.307 e. The Bertz CT molecular complexity index is 818. The van der Waals surface area contributed by atoms with E-state index in [-0.39, 0.29) is 18.3 Å². The molecule has 2 aromatic carbocycles. The zero-order valence-corrected chi connectivity index (χ0v) is 18.4. The first kappa shape index (κ1) is 22.9. The van der Waals surface area contributed by atoms with E-state index in [0.717, 1.165) is 28.0 Å². The average molecular weight is 401 g/mol. The number of esters is 1. The molecule has 2 rings (SSSR count). The molecule has 0 aliphatic carbocycles. The third kappa shape index (κ3) is 6.05. The lowest BCUT2D eigenvalue weighted by Gasteiger charge is -2.27. The predicted octanol–water partition coefficient (Wildman–Crippen LogP) is 5.16. The SMILES string of the molecule is COc1ccc([C@H](CC(=O)OC(C)(C)C)c2ccccc2C(OC)OC)c(C)c1. The standard InChI is InChI=1S/C24H32O5/c1-16-14-17(26-5)12-13-18(16)21(15-22(25)29-24(2,3)4)19-10-8-9-11-20(19)23(27-6)28-7/h8-14,21,23H,15H2,1-7H3/t21-/m0/s1. The third-order valence-electron chi connectivity index (χ3n) is 4.70. The molecule has 158 valence electrons. The lowest BCUT2D eigenvalue weighted by molar-refractivity contribution is -0.155. The minimum absolute atomic E-state index is 0.209. The van der Waals surface area contributed by atoms with Crippen molar-refractivity contribution < 1.29 is 23.7 Å². The van der Waals surface area contributed by atoms with Crippen LogP contribution in [0.3, 0.4) is 0 Å². The highest BCUT2D eigenvalue weighted by Gasteiger charge is 2.27. The number of ether oxygens (including phenoxy) is 4. The van der Waals surface area contributed by atoms with Crippen LogP contribution in [0.15, 0.2) is 42.5 Å². The molecule has 29 heavy (non-hydrogen) atoms. The van der Waals surface area contributed by atoms with Gasteiger partial charge in [0.05, 0.1) is 13.5 Å². The summed E-state index contributed by atoms with van der Waals surface area (Å²) in [7, 11) is 4.85. The molecule has 0 amide bonds. The summed E-state index contributed by atoms with van der Waals surface area (Å²) in [6.07, 6.45) is -0.312. The zero-order valence-electron chi connectivity index (χ0n) is 18.4. The lowest BCUT2D eigenvalue weighted by Crippen LogP contribution is -2.25. The second kappa shape index (κ2) is 9.90. The van der Waals surface area contributed by atoms with Crippen LogP contribution in [0.4, 0.5) is 0 Å². The van der Waals surface area contributed by atoms with Crippen LogP contribution in [-0.2, 0) is 19.0 Å². The summed E-state index contributed by atoms with van der Waals surface area (Å²) in [6, 6.07) is 13.8. The first-order valence-corrected chi connectivity index (χ1v) is 9.71. The van der Waals surface area contributed by atoms with Gasteiger partial charge in [-0.2, -0.15) is 0 Å². The normalized spacial score (nSPS) is 12.7. The van der Waals surface area contributed by atoms with E-state index in [9.17, 15) is 4.79 Å². The fourth-order valence-electron chi connectivity index (χ4n) is 3.50. The molecule has 2 aromatic rings. The van der Waals surface area contributed by atoms with Crippen molar-refractivity contribution in [2.45, 2.75) is 51.9 Å². The van der Waals surface area contributed by atoms with Gasteiger partial charge in [-0.05, 0) is 56.5 Å². The van der Waals surface area contributed by atoms with Gasteiger partial charge in [-0.1, -0.05) is 30.3 Å². The fourth-order valence-corrected chi connectivity index (χ4v) is 3.50. The maximum absolute atomic E-state index is 12.8. The summed E-state index contributed by atoms with van der Waals surface area (Å²) in [4.78, 5) is 12.8. The van der Waals surface area contributed by atoms with Crippen LogP contribution in [0.25, 0.3) is 0 Å². The summed E-state index contributed by atoms with van der Waals surface area (Å²) >= 11 is 0. The molecule has 0 aliphatic rings. The van der Waals surface area contributed by atoms with Gasteiger partial charge in [0.25, 0.3) is 0 Å². The Morgan fingerprint density at radius 2 is 1.55 bits per heavy atom. The van der Waals surface area contributed by atoms with Crippen LogP contribution < -0.4 is 4.74 Å². The van der Waals surface area contributed by atoms with Crippen LogP contribution >= 0.6 is 0 Å². The van der Waals surface area contributed by atoms with E-state index in [1.807, 2.05) is 70.2 Å². The molecule has 0 radical (unpaired) electrons. The van der Waals surface area contributed by atoms with Gasteiger partial charge in [0.15, 0.2) is 6.29 Å². The summed E-state index contributed by atoms with van der Waals surface area (Å²) in [5, 5.41) is 0. The molecule has 0 spiro atoms. The average Bonchev–Trinajstić information content (AvgIpc) is 2.66. The van der Waals surface area contributed by atoms with Gasteiger partial charge in [-0.25, -0.2) is 0 Å². The molecule has 0 fully saturated rings. The van der Waals surface area contributed by atoms with Gasteiger partial charge in [0.1, 0.15) is 11.4 Å². The van der Waals surface area contributed by atoms with Crippen molar-refractivity contribution in [1.82, 2.24) is 0 Å². The Hall–Kier alpha value is -2.37. The van der Waals surface area contributed by atoms with Gasteiger partial charge >= 0.3 is 5.97 Å². The molecular weight excluding hydrogens is 368 g/mol. The minimum Gasteiger partial charge on any atom is -0.497 e. The van der Waals surface area contributed by atoms with E-state index in [4.69, 9.17) is 18.9 Å². The number of benzene rings is 2. The predicted molar refractivity (Wildman–Crippen MR) is 113 cm³/mol. The zero-order chi connectivity index (χ0) is 21.6. The first-order valence-electron chi connectivity index (χ1n) is 9.71. The molecule has 0 aromatic heterocycles. The van der Waals surface area contributed by atoms with E-state index < -0.39 is 11.9 Å². The van der Waals surface area contributed by atoms with Gasteiger partial charge < -0.3 is 18.9 Å². The van der Waals surface area contributed by atoms with Crippen molar-refractivity contribution in [1.29, 1.82) is 0 Å². The Labute approximate surface area is 173 Å². The maximum Gasteiger partial charge on any atom is 0.307 e. The fraction of sp³-hybridized carbons (Fsp3) is 0.458. The third-order valence-corrected chi connectivity index (χ3v) is 4.70. The van der Waals surface area contributed by atoms with Gasteiger partial charge in [0.2, 0.25) is 0 Å². The van der Waals surface area contributed by atoms with Crippen LogP contribution in [0, 0.1) is 6.92 Å². The van der Waals surface area contributed by atoms with E-state index in [2.05, 4.69) is 0 Å². The monoisotopic (exact) mass is 400 g/mol. The molecule has 0 aliphatic heterocycles.